The summed E-state index contributed by atoms with van der Waals surface area (Å²) in [6, 6.07) is 0. The van der Waals surface area contributed by atoms with Crippen LogP contribution in [0.5, 0.6) is 0 Å². The Balaban J connectivity index is 1.77. The van der Waals surface area contributed by atoms with Crippen molar-refractivity contribution >= 4 is 11.9 Å². The van der Waals surface area contributed by atoms with E-state index >= 15 is 0 Å². The minimum atomic E-state index is -0.792. The van der Waals surface area contributed by atoms with E-state index in [-0.39, 0.29) is 18.4 Å². The minimum absolute atomic E-state index is 0.00153. The van der Waals surface area contributed by atoms with Crippen LogP contribution in [0.1, 0.15) is 25.7 Å². The smallest absolute Gasteiger partial charge is 0.311 e. The van der Waals surface area contributed by atoms with Crippen LogP contribution in [0.15, 0.2) is 0 Å². The number of ether oxygens (including phenoxy) is 1. The predicted octanol–water partition coefficient (Wildman–Crippen LogP) is 0.394. The molecule has 2 N–H and O–H groups in total. The molecule has 16 heavy (non-hydrogen) atoms. The molecule has 0 aromatic rings. The summed E-state index contributed by atoms with van der Waals surface area (Å²) in [5.41, 5.74) is -0.666. The van der Waals surface area contributed by atoms with Gasteiger partial charge in [-0.2, -0.15) is 0 Å². The van der Waals surface area contributed by atoms with Crippen molar-refractivity contribution in [3.63, 3.8) is 0 Å². The highest BCUT2D eigenvalue weighted by atomic mass is 16.5. The normalized spacial score (nSPS) is 23.8. The van der Waals surface area contributed by atoms with Gasteiger partial charge in [-0.3, -0.25) is 9.59 Å². The Kier molecular flexibility index (Phi) is 3.14. The van der Waals surface area contributed by atoms with Crippen LogP contribution in [0.4, 0.5) is 0 Å². The van der Waals surface area contributed by atoms with Crippen LogP contribution in [-0.4, -0.2) is 36.7 Å². The van der Waals surface area contributed by atoms with E-state index < -0.39 is 11.4 Å². The van der Waals surface area contributed by atoms with E-state index in [1.807, 2.05) is 0 Å². The number of carboxylic acids is 1. The molecule has 1 saturated heterocycles. The highest BCUT2D eigenvalue weighted by Crippen LogP contribution is 2.45. The fourth-order valence-electron chi connectivity index (χ4n) is 1.98. The van der Waals surface area contributed by atoms with Crippen molar-refractivity contribution < 1.29 is 19.4 Å². The number of nitrogens with one attached hydrogen (secondary N) is 1. The van der Waals surface area contributed by atoms with Crippen molar-refractivity contribution in [2.45, 2.75) is 25.7 Å². The molecule has 1 aliphatic heterocycles. The number of carboxylic acid groups (broad SMARTS) is 1. The van der Waals surface area contributed by atoms with Crippen LogP contribution in [0.25, 0.3) is 0 Å². The lowest BCUT2D eigenvalue weighted by molar-refractivity contribution is -0.143. The number of hydrogen-bond donors (Lipinski definition) is 2. The molecule has 2 aliphatic rings. The van der Waals surface area contributed by atoms with Crippen LogP contribution in [0.3, 0.4) is 0 Å². The largest absolute Gasteiger partial charge is 0.481 e. The SMILES string of the molecule is O=C(NCC1(C(=O)O)CC1)C1CCOCC1. The van der Waals surface area contributed by atoms with Crippen LogP contribution in [0.2, 0.25) is 0 Å². The first-order valence-corrected chi connectivity index (χ1v) is 5.73. The minimum Gasteiger partial charge on any atom is -0.481 e. The first-order valence-electron chi connectivity index (χ1n) is 5.73. The topological polar surface area (TPSA) is 75.6 Å². The van der Waals surface area contributed by atoms with Crippen LogP contribution < -0.4 is 5.32 Å². The first kappa shape index (κ1) is 11.4. The lowest BCUT2D eigenvalue weighted by Crippen LogP contribution is -2.39. The van der Waals surface area contributed by atoms with Crippen molar-refractivity contribution in [3.8, 4) is 0 Å². The van der Waals surface area contributed by atoms with Gasteiger partial charge in [0, 0.05) is 25.7 Å². The number of amides is 1. The first-order chi connectivity index (χ1) is 7.64. The second-order valence-electron chi connectivity index (χ2n) is 4.69. The lowest BCUT2D eigenvalue weighted by atomic mass is 9.99. The van der Waals surface area contributed by atoms with Gasteiger partial charge < -0.3 is 15.2 Å². The number of rotatable bonds is 4. The van der Waals surface area contributed by atoms with Gasteiger partial charge in [-0.15, -0.1) is 0 Å². The third-order valence-corrected chi connectivity index (χ3v) is 3.50. The fourth-order valence-corrected chi connectivity index (χ4v) is 1.98. The van der Waals surface area contributed by atoms with Crippen molar-refractivity contribution in [1.29, 1.82) is 0 Å². The molecule has 1 saturated carbocycles. The van der Waals surface area contributed by atoms with E-state index in [0.717, 1.165) is 12.8 Å². The summed E-state index contributed by atoms with van der Waals surface area (Å²) in [5.74, 6) is -0.811. The Hall–Kier alpha value is -1.10. The highest BCUT2D eigenvalue weighted by molar-refractivity contribution is 5.82. The number of aliphatic carboxylic acids is 1. The molecule has 2 fully saturated rings. The van der Waals surface area contributed by atoms with E-state index in [1.165, 1.54) is 0 Å². The summed E-state index contributed by atoms with van der Waals surface area (Å²) in [6.45, 7) is 1.53. The summed E-state index contributed by atoms with van der Waals surface area (Å²) in [6.07, 6.45) is 2.84. The van der Waals surface area contributed by atoms with E-state index in [4.69, 9.17) is 9.84 Å². The summed E-state index contributed by atoms with van der Waals surface area (Å²) in [7, 11) is 0. The Morgan fingerprint density at radius 2 is 1.94 bits per heavy atom. The summed E-state index contributed by atoms with van der Waals surface area (Å²) in [4.78, 5) is 22.6. The third kappa shape index (κ3) is 2.35. The average Bonchev–Trinajstić information content (AvgIpc) is 3.08. The Morgan fingerprint density at radius 3 is 2.44 bits per heavy atom. The molecule has 5 nitrogen and oxygen atoms in total. The summed E-state index contributed by atoms with van der Waals surface area (Å²) < 4.78 is 5.17. The van der Waals surface area contributed by atoms with E-state index in [9.17, 15) is 9.59 Å². The molecule has 90 valence electrons. The molecule has 1 aliphatic carbocycles. The Bertz CT molecular complexity index is 292. The Morgan fingerprint density at radius 1 is 1.31 bits per heavy atom. The molecular weight excluding hydrogens is 210 g/mol. The molecule has 1 heterocycles. The zero-order valence-corrected chi connectivity index (χ0v) is 9.20. The third-order valence-electron chi connectivity index (χ3n) is 3.50. The number of hydrogen-bond acceptors (Lipinski definition) is 3. The maximum absolute atomic E-state index is 11.7. The number of carbonyl (C=O) groups excluding carboxylic acids is 1. The van der Waals surface area contributed by atoms with Crippen molar-refractivity contribution in [2.75, 3.05) is 19.8 Å². The molecule has 0 spiro atoms. The molecule has 0 bridgehead atoms. The molecule has 0 unspecified atom stereocenters. The van der Waals surface area contributed by atoms with Gasteiger partial charge in [0.1, 0.15) is 0 Å². The molecule has 0 atom stereocenters. The molecular formula is C11H17NO4. The van der Waals surface area contributed by atoms with Crippen LogP contribution >= 0.6 is 0 Å². The van der Waals surface area contributed by atoms with Gasteiger partial charge in [-0.1, -0.05) is 0 Å². The summed E-state index contributed by atoms with van der Waals surface area (Å²) >= 11 is 0. The Labute approximate surface area is 94.2 Å². The predicted molar refractivity (Wildman–Crippen MR) is 55.9 cm³/mol. The monoisotopic (exact) mass is 227 g/mol. The van der Waals surface area contributed by atoms with E-state index in [0.29, 0.717) is 26.1 Å². The summed E-state index contributed by atoms with van der Waals surface area (Å²) in [5, 5.41) is 11.7. The quantitative estimate of drug-likeness (QED) is 0.728. The molecule has 5 heteroatoms. The van der Waals surface area contributed by atoms with Crippen LogP contribution in [0, 0.1) is 11.3 Å². The van der Waals surface area contributed by atoms with Gasteiger partial charge in [0.25, 0.3) is 0 Å². The molecule has 0 aromatic carbocycles. The van der Waals surface area contributed by atoms with E-state index in [1.54, 1.807) is 0 Å². The highest BCUT2D eigenvalue weighted by Gasteiger charge is 2.50. The lowest BCUT2D eigenvalue weighted by Gasteiger charge is -2.22. The van der Waals surface area contributed by atoms with Gasteiger partial charge >= 0.3 is 5.97 Å². The van der Waals surface area contributed by atoms with Gasteiger partial charge in [-0.05, 0) is 25.7 Å². The molecule has 1 amide bonds. The zero-order valence-electron chi connectivity index (χ0n) is 9.20. The second-order valence-corrected chi connectivity index (χ2v) is 4.69. The standard InChI is InChI=1S/C11H17NO4/c13-9(8-1-5-16-6-2-8)12-7-11(3-4-11)10(14)15/h8H,1-7H2,(H,12,13)(H,14,15). The van der Waals surface area contributed by atoms with Crippen molar-refractivity contribution in [2.24, 2.45) is 11.3 Å². The van der Waals surface area contributed by atoms with Gasteiger partial charge in [0.2, 0.25) is 5.91 Å². The molecule has 2 rings (SSSR count). The maximum Gasteiger partial charge on any atom is 0.311 e. The van der Waals surface area contributed by atoms with Crippen LogP contribution in [-0.2, 0) is 14.3 Å². The zero-order chi connectivity index (χ0) is 11.6. The maximum atomic E-state index is 11.7. The average molecular weight is 227 g/mol. The molecule has 0 radical (unpaired) electrons. The van der Waals surface area contributed by atoms with Crippen molar-refractivity contribution in [1.82, 2.24) is 5.32 Å². The fraction of sp³-hybridized carbons (Fsp3) is 0.818. The number of carbonyl (C=O) groups is 2. The van der Waals surface area contributed by atoms with Gasteiger partial charge in [0.05, 0.1) is 5.41 Å². The van der Waals surface area contributed by atoms with Gasteiger partial charge in [-0.25, -0.2) is 0 Å². The molecule has 0 aromatic heterocycles. The second kappa shape index (κ2) is 4.41. The van der Waals surface area contributed by atoms with E-state index in [2.05, 4.69) is 5.32 Å². The van der Waals surface area contributed by atoms with Gasteiger partial charge in [0.15, 0.2) is 0 Å². The van der Waals surface area contributed by atoms with Crippen molar-refractivity contribution in [3.05, 3.63) is 0 Å².